The molecule has 0 aromatic carbocycles. The van der Waals surface area contributed by atoms with E-state index in [0.717, 1.165) is 0 Å². The van der Waals surface area contributed by atoms with Crippen LogP contribution in [-0.4, -0.2) is 33.4 Å². The molecule has 0 radical (unpaired) electrons. The third-order valence-electron chi connectivity index (χ3n) is 2.12. The fourth-order valence-corrected chi connectivity index (χ4v) is 1.30. The summed E-state index contributed by atoms with van der Waals surface area (Å²) in [5.41, 5.74) is 5.16. The van der Waals surface area contributed by atoms with E-state index in [4.69, 9.17) is 5.73 Å². The Balaban J connectivity index is 2.64. The Morgan fingerprint density at radius 3 is 2.47 bits per heavy atom. The van der Waals surface area contributed by atoms with Gasteiger partial charge in [-0.05, 0) is 27.7 Å². The van der Waals surface area contributed by atoms with Crippen LogP contribution in [0.5, 0.6) is 0 Å². The van der Waals surface area contributed by atoms with Crippen LogP contribution in [0.25, 0.3) is 0 Å². The Morgan fingerprint density at radius 1 is 1.32 bits per heavy atom. The van der Waals surface area contributed by atoms with Crippen LogP contribution in [0.2, 0.25) is 0 Å². The van der Waals surface area contributed by atoms with Crippen LogP contribution in [-0.2, 0) is 4.79 Å². The van der Waals surface area contributed by atoms with Crippen molar-refractivity contribution in [2.75, 3.05) is 5.73 Å². The van der Waals surface area contributed by atoms with E-state index in [2.05, 4.69) is 20.6 Å². The third-order valence-corrected chi connectivity index (χ3v) is 2.12. The fourth-order valence-electron chi connectivity index (χ4n) is 1.30. The zero-order valence-electron chi connectivity index (χ0n) is 11.5. The molecule has 104 valence electrons. The van der Waals surface area contributed by atoms with Crippen molar-refractivity contribution in [1.29, 1.82) is 0 Å². The van der Waals surface area contributed by atoms with Gasteiger partial charge in [0.05, 0.1) is 12.4 Å². The minimum atomic E-state index is -0.671. The van der Waals surface area contributed by atoms with Gasteiger partial charge in [-0.3, -0.25) is 14.6 Å². The molecule has 0 aliphatic carbocycles. The van der Waals surface area contributed by atoms with Gasteiger partial charge in [0.15, 0.2) is 0 Å². The van der Waals surface area contributed by atoms with Crippen molar-refractivity contribution in [3.05, 3.63) is 18.1 Å². The first-order chi connectivity index (χ1) is 8.69. The first-order valence-corrected chi connectivity index (χ1v) is 5.89. The molecule has 1 unspecified atom stereocenters. The molecule has 0 bridgehead atoms. The Labute approximate surface area is 112 Å². The van der Waals surface area contributed by atoms with Crippen LogP contribution in [0.1, 0.15) is 38.2 Å². The monoisotopic (exact) mass is 265 g/mol. The molecule has 1 heterocycles. The summed E-state index contributed by atoms with van der Waals surface area (Å²) in [6, 6.07) is -0.671. The van der Waals surface area contributed by atoms with Crippen LogP contribution in [0.4, 0.5) is 5.82 Å². The summed E-state index contributed by atoms with van der Waals surface area (Å²) in [5.74, 6) is -0.603. The van der Waals surface area contributed by atoms with Gasteiger partial charge in [-0.1, -0.05) is 0 Å². The van der Waals surface area contributed by atoms with Gasteiger partial charge in [-0.25, -0.2) is 4.98 Å². The lowest BCUT2D eigenvalue weighted by atomic mass is 10.1. The number of rotatable bonds is 3. The molecule has 1 aromatic heterocycles. The summed E-state index contributed by atoms with van der Waals surface area (Å²) in [7, 11) is 0. The zero-order valence-corrected chi connectivity index (χ0v) is 11.5. The number of carbonyl (C=O) groups excluding carboxylic acids is 2. The quantitative estimate of drug-likeness (QED) is 0.717. The van der Waals surface area contributed by atoms with Gasteiger partial charge >= 0.3 is 0 Å². The van der Waals surface area contributed by atoms with Crippen LogP contribution in [0.15, 0.2) is 12.4 Å². The maximum Gasteiger partial charge on any atom is 0.272 e. The highest BCUT2D eigenvalue weighted by molar-refractivity contribution is 5.96. The maximum absolute atomic E-state index is 11.8. The third kappa shape index (κ3) is 4.90. The number of nitrogens with one attached hydrogen (secondary N) is 2. The van der Waals surface area contributed by atoms with Crippen molar-refractivity contribution in [3.63, 3.8) is 0 Å². The Bertz CT molecular complexity index is 481. The average Bonchev–Trinajstić information content (AvgIpc) is 2.26. The van der Waals surface area contributed by atoms with E-state index < -0.39 is 11.9 Å². The molecule has 0 saturated heterocycles. The molecular weight excluding hydrogens is 246 g/mol. The Hall–Kier alpha value is -2.18. The van der Waals surface area contributed by atoms with Gasteiger partial charge in [-0.15, -0.1) is 0 Å². The number of nitrogens with zero attached hydrogens (tertiary/aromatic N) is 2. The van der Waals surface area contributed by atoms with E-state index in [9.17, 15) is 9.59 Å². The number of hydrogen-bond donors (Lipinski definition) is 3. The predicted molar refractivity (Wildman–Crippen MR) is 71.3 cm³/mol. The summed E-state index contributed by atoms with van der Waals surface area (Å²) in [4.78, 5) is 31.2. The summed E-state index contributed by atoms with van der Waals surface area (Å²) in [5, 5.41) is 5.31. The minimum absolute atomic E-state index is 0.0791. The summed E-state index contributed by atoms with van der Waals surface area (Å²) in [6.45, 7) is 7.19. The van der Waals surface area contributed by atoms with E-state index in [0.29, 0.717) is 0 Å². The van der Waals surface area contributed by atoms with Crippen molar-refractivity contribution in [2.24, 2.45) is 0 Å². The number of carbonyl (C=O) groups is 2. The van der Waals surface area contributed by atoms with Gasteiger partial charge in [0.1, 0.15) is 17.6 Å². The molecule has 1 atom stereocenters. The highest BCUT2D eigenvalue weighted by Crippen LogP contribution is 2.01. The molecule has 7 nitrogen and oxygen atoms in total. The first-order valence-electron chi connectivity index (χ1n) is 5.89. The van der Waals surface area contributed by atoms with Crippen molar-refractivity contribution >= 4 is 17.6 Å². The maximum atomic E-state index is 11.8. The lowest BCUT2D eigenvalue weighted by Crippen LogP contribution is -2.50. The van der Waals surface area contributed by atoms with Gasteiger partial charge in [-0.2, -0.15) is 0 Å². The topological polar surface area (TPSA) is 110 Å². The second-order valence-electron chi connectivity index (χ2n) is 5.26. The van der Waals surface area contributed by atoms with E-state index in [1.54, 1.807) is 6.92 Å². The lowest BCUT2D eigenvalue weighted by molar-refractivity contribution is -0.124. The van der Waals surface area contributed by atoms with Crippen molar-refractivity contribution in [1.82, 2.24) is 20.6 Å². The van der Waals surface area contributed by atoms with Crippen molar-refractivity contribution in [3.8, 4) is 0 Å². The molecule has 19 heavy (non-hydrogen) atoms. The molecule has 4 N–H and O–H groups in total. The molecule has 0 aliphatic rings. The SMILES string of the molecule is CC(NC(=O)c1cncc(N)n1)C(=O)NC(C)(C)C. The predicted octanol–water partition coefficient (Wildman–Crippen LogP) is 0.0918. The number of nitrogen functional groups attached to an aromatic ring is 1. The second-order valence-corrected chi connectivity index (χ2v) is 5.26. The smallest absolute Gasteiger partial charge is 0.272 e. The van der Waals surface area contributed by atoms with Gasteiger partial charge in [0.25, 0.3) is 5.91 Å². The Kier molecular flexibility index (Phi) is 4.42. The Morgan fingerprint density at radius 2 is 1.95 bits per heavy atom. The number of aromatic nitrogens is 2. The lowest BCUT2D eigenvalue weighted by Gasteiger charge is -2.23. The van der Waals surface area contributed by atoms with Gasteiger partial charge in [0.2, 0.25) is 5.91 Å². The molecule has 7 heteroatoms. The van der Waals surface area contributed by atoms with Crippen LogP contribution in [0, 0.1) is 0 Å². The molecule has 0 saturated carbocycles. The van der Waals surface area contributed by atoms with Crippen LogP contribution >= 0.6 is 0 Å². The summed E-state index contributed by atoms with van der Waals surface area (Å²) < 4.78 is 0. The van der Waals surface area contributed by atoms with Crippen molar-refractivity contribution < 1.29 is 9.59 Å². The molecule has 1 rings (SSSR count). The summed E-state index contributed by atoms with van der Waals surface area (Å²) in [6.07, 6.45) is 2.63. The molecule has 1 aromatic rings. The highest BCUT2D eigenvalue weighted by atomic mass is 16.2. The standard InChI is InChI=1S/C12H19N5O2/c1-7(10(18)17-12(2,3)4)15-11(19)8-5-14-6-9(13)16-8/h5-7H,1-4H3,(H2,13,16)(H,15,19)(H,17,18). The second kappa shape index (κ2) is 5.64. The van der Waals surface area contributed by atoms with E-state index in [1.807, 2.05) is 20.8 Å². The van der Waals surface area contributed by atoms with E-state index in [-0.39, 0.29) is 23.0 Å². The van der Waals surface area contributed by atoms with Crippen LogP contribution in [0.3, 0.4) is 0 Å². The van der Waals surface area contributed by atoms with Crippen LogP contribution < -0.4 is 16.4 Å². The first kappa shape index (κ1) is 14.9. The molecule has 0 spiro atoms. The summed E-state index contributed by atoms with van der Waals surface area (Å²) >= 11 is 0. The van der Waals surface area contributed by atoms with Crippen molar-refractivity contribution in [2.45, 2.75) is 39.3 Å². The normalized spacial score (nSPS) is 12.6. The highest BCUT2D eigenvalue weighted by Gasteiger charge is 2.21. The molecular formula is C12H19N5O2. The van der Waals surface area contributed by atoms with E-state index >= 15 is 0 Å². The molecule has 0 aliphatic heterocycles. The van der Waals surface area contributed by atoms with Gasteiger partial charge < -0.3 is 16.4 Å². The molecule has 2 amide bonds. The minimum Gasteiger partial charge on any atom is -0.382 e. The largest absolute Gasteiger partial charge is 0.382 e. The fraction of sp³-hybridized carbons (Fsp3) is 0.500. The number of nitrogens with two attached hydrogens (primary N) is 1. The molecule has 0 fully saturated rings. The zero-order chi connectivity index (χ0) is 14.6. The number of anilines is 1. The number of amides is 2. The van der Waals surface area contributed by atoms with Gasteiger partial charge in [0, 0.05) is 5.54 Å². The van der Waals surface area contributed by atoms with E-state index in [1.165, 1.54) is 12.4 Å². The average molecular weight is 265 g/mol. The number of hydrogen-bond acceptors (Lipinski definition) is 5.